The quantitative estimate of drug-likeness (QED) is 0.615. The Morgan fingerprint density at radius 3 is 2.38 bits per heavy atom. The third kappa shape index (κ3) is 4.14. The van der Waals surface area contributed by atoms with Gasteiger partial charge in [-0.15, -0.1) is 0 Å². The van der Waals surface area contributed by atoms with Crippen LogP contribution in [0.5, 0.6) is 0 Å². The summed E-state index contributed by atoms with van der Waals surface area (Å²) < 4.78 is 27.3. The molecule has 0 heterocycles. The van der Waals surface area contributed by atoms with Crippen molar-refractivity contribution in [2.75, 3.05) is 0 Å². The van der Waals surface area contributed by atoms with Crippen LogP contribution < -0.4 is 0 Å². The predicted molar refractivity (Wildman–Crippen MR) is 64.8 cm³/mol. The summed E-state index contributed by atoms with van der Waals surface area (Å²) in [6, 6.07) is 9.04. The molecule has 0 aliphatic heterocycles. The first-order chi connectivity index (χ1) is 7.42. The summed E-state index contributed by atoms with van der Waals surface area (Å²) in [6.45, 7) is 3.44. The molecule has 0 atom stereocenters. The van der Waals surface area contributed by atoms with Crippen LogP contribution in [0.25, 0.3) is 0 Å². The summed E-state index contributed by atoms with van der Waals surface area (Å²) >= 11 is 10.5. The zero-order valence-electron chi connectivity index (χ0n) is 8.27. The monoisotopic (exact) mass is 280 g/mol. The van der Waals surface area contributed by atoms with E-state index in [4.69, 9.17) is 23.2 Å². The van der Waals surface area contributed by atoms with E-state index in [1.165, 1.54) is 0 Å². The first-order valence-corrected chi connectivity index (χ1v) is 6.63. The van der Waals surface area contributed by atoms with Crippen LogP contribution in [-0.2, 0) is 20.7 Å². The second-order valence-electron chi connectivity index (χ2n) is 3.01. The van der Waals surface area contributed by atoms with Crippen molar-refractivity contribution in [2.45, 2.75) is 11.4 Å². The van der Waals surface area contributed by atoms with Gasteiger partial charge in [-0.3, -0.25) is 0 Å². The highest BCUT2D eigenvalue weighted by molar-refractivity contribution is 7.90. The average molecular weight is 281 g/mol. The third-order valence-electron chi connectivity index (χ3n) is 1.80. The van der Waals surface area contributed by atoms with Gasteiger partial charge in [0.25, 0.3) is 10.1 Å². The van der Waals surface area contributed by atoms with Crippen molar-refractivity contribution in [1.82, 2.24) is 0 Å². The van der Waals surface area contributed by atoms with Gasteiger partial charge in [0.2, 0.25) is 5.02 Å². The molecule has 0 fully saturated rings. The molecule has 6 heteroatoms. The average Bonchev–Trinajstić information content (AvgIpc) is 2.17. The van der Waals surface area contributed by atoms with Crippen LogP contribution in [0.3, 0.4) is 0 Å². The van der Waals surface area contributed by atoms with E-state index in [0.29, 0.717) is 0 Å². The number of rotatable bonds is 5. The number of halogens is 2. The van der Waals surface area contributed by atoms with Gasteiger partial charge in [-0.1, -0.05) is 60.1 Å². The maximum atomic E-state index is 11.5. The summed E-state index contributed by atoms with van der Waals surface area (Å²) in [7, 11) is -3.92. The molecule has 0 aromatic heterocycles. The molecule has 0 amide bonds. The lowest BCUT2D eigenvalue weighted by molar-refractivity contribution is 0.354. The fourth-order valence-electron chi connectivity index (χ4n) is 1.08. The van der Waals surface area contributed by atoms with Gasteiger partial charge in [0.05, 0.1) is 4.91 Å². The molecule has 1 rings (SSSR count). The topological polar surface area (TPSA) is 43.4 Å². The normalized spacial score (nSPS) is 11.7. The Labute approximate surface area is 105 Å². The predicted octanol–water partition coefficient (Wildman–Crippen LogP) is 2.85. The van der Waals surface area contributed by atoms with Crippen LogP contribution in [-0.4, -0.2) is 13.4 Å². The molecule has 0 N–H and O–H groups in total. The SMILES string of the molecule is C=C(Cc1ccccc1)S(=O)(=O)OC(Cl)Cl. The molecule has 0 aliphatic carbocycles. The minimum Gasteiger partial charge on any atom is -0.230 e. The summed E-state index contributed by atoms with van der Waals surface area (Å²) in [5.74, 6) is 0. The highest BCUT2D eigenvalue weighted by Gasteiger charge is 2.20. The highest BCUT2D eigenvalue weighted by Crippen LogP contribution is 2.18. The molecule has 16 heavy (non-hydrogen) atoms. The maximum absolute atomic E-state index is 11.5. The van der Waals surface area contributed by atoms with Gasteiger partial charge < -0.3 is 0 Å². The van der Waals surface area contributed by atoms with Crippen molar-refractivity contribution in [3.05, 3.63) is 47.4 Å². The second-order valence-corrected chi connectivity index (χ2v) is 5.71. The summed E-state index contributed by atoms with van der Waals surface area (Å²) in [4.78, 5) is -0.0787. The fourth-order valence-corrected chi connectivity index (χ4v) is 2.32. The van der Waals surface area contributed by atoms with Gasteiger partial charge in [0, 0.05) is 6.42 Å². The van der Waals surface area contributed by atoms with E-state index in [1.807, 2.05) is 18.2 Å². The minimum absolute atomic E-state index is 0.0787. The van der Waals surface area contributed by atoms with Crippen molar-refractivity contribution in [3.63, 3.8) is 0 Å². The molecule has 3 nitrogen and oxygen atoms in total. The van der Waals surface area contributed by atoms with Gasteiger partial charge in [0.1, 0.15) is 0 Å². The largest absolute Gasteiger partial charge is 0.295 e. The Hall–Kier alpha value is -0.550. The van der Waals surface area contributed by atoms with Gasteiger partial charge in [-0.2, -0.15) is 8.42 Å². The van der Waals surface area contributed by atoms with E-state index in [-0.39, 0.29) is 11.3 Å². The summed E-state index contributed by atoms with van der Waals surface area (Å²) in [5.41, 5.74) is 0.820. The van der Waals surface area contributed by atoms with Crippen molar-refractivity contribution < 1.29 is 12.6 Å². The molecule has 88 valence electrons. The lowest BCUT2D eigenvalue weighted by atomic mass is 10.1. The molecule has 0 saturated heterocycles. The molecule has 0 bridgehead atoms. The first kappa shape index (κ1) is 13.5. The fraction of sp³-hybridized carbons (Fsp3) is 0.200. The van der Waals surface area contributed by atoms with E-state index in [0.717, 1.165) is 5.56 Å². The van der Waals surface area contributed by atoms with Crippen LogP contribution in [0, 0.1) is 0 Å². The van der Waals surface area contributed by atoms with Crippen molar-refractivity contribution in [2.24, 2.45) is 0 Å². The third-order valence-corrected chi connectivity index (χ3v) is 3.48. The molecular formula is C10H10Cl2O3S. The molecule has 0 saturated carbocycles. The van der Waals surface area contributed by atoms with Crippen molar-refractivity contribution in [1.29, 1.82) is 0 Å². The Bertz CT molecular complexity index is 454. The van der Waals surface area contributed by atoms with Gasteiger partial charge in [-0.05, 0) is 5.56 Å². The number of allylic oxidation sites excluding steroid dienone is 1. The molecule has 1 aromatic rings. The standard InChI is InChI=1S/C10H10Cl2O3S/c1-8(16(13,14)15-10(11)12)7-9-5-3-2-4-6-9/h2-6,10H,1,7H2. The van der Waals surface area contributed by atoms with Gasteiger partial charge >= 0.3 is 0 Å². The lowest BCUT2D eigenvalue weighted by Crippen LogP contribution is -2.12. The highest BCUT2D eigenvalue weighted by atomic mass is 35.5. The number of hydrogen-bond acceptors (Lipinski definition) is 3. The molecule has 0 radical (unpaired) electrons. The number of benzene rings is 1. The van der Waals surface area contributed by atoms with Crippen molar-refractivity contribution >= 4 is 33.3 Å². The molecule has 0 aliphatic rings. The van der Waals surface area contributed by atoms with E-state index in [1.54, 1.807) is 12.1 Å². The zero-order valence-corrected chi connectivity index (χ0v) is 10.6. The smallest absolute Gasteiger partial charge is 0.230 e. The molecule has 0 unspecified atom stereocenters. The van der Waals surface area contributed by atoms with E-state index >= 15 is 0 Å². The molecule has 1 aromatic carbocycles. The summed E-state index contributed by atoms with van der Waals surface area (Å²) in [5, 5.41) is -1.42. The Kier molecular flexibility index (Phi) is 4.80. The van der Waals surface area contributed by atoms with Gasteiger partial charge in [0.15, 0.2) is 0 Å². The second kappa shape index (κ2) is 5.68. The van der Waals surface area contributed by atoms with E-state index in [2.05, 4.69) is 10.8 Å². The number of hydrogen-bond donors (Lipinski definition) is 0. The first-order valence-electron chi connectivity index (χ1n) is 4.35. The van der Waals surface area contributed by atoms with Crippen LogP contribution in [0.2, 0.25) is 0 Å². The minimum atomic E-state index is -3.92. The van der Waals surface area contributed by atoms with E-state index in [9.17, 15) is 8.42 Å². The summed E-state index contributed by atoms with van der Waals surface area (Å²) in [6.07, 6.45) is 0.170. The van der Waals surface area contributed by atoms with E-state index < -0.39 is 15.1 Å². The Morgan fingerprint density at radius 2 is 1.88 bits per heavy atom. The van der Waals surface area contributed by atoms with Crippen LogP contribution in [0.15, 0.2) is 41.8 Å². The van der Waals surface area contributed by atoms with Crippen LogP contribution in [0.4, 0.5) is 0 Å². The van der Waals surface area contributed by atoms with Crippen LogP contribution in [0.1, 0.15) is 5.56 Å². The van der Waals surface area contributed by atoms with Crippen LogP contribution >= 0.6 is 23.2 Å². The lowest BCUT2D eigenvalue weighted by Gasteiger charge is -2.08. The van der Waals surface area contributed by atoms with Gasteiger partial charge in [-0.25, -0.2) is 4.18 Å². The Balaban J connectivity index is 2.73. The Morgan fingerprint density at radius 1 is 1.31 bits per heavy atom. The zero-order chi connectivity index (χ0) is 12.2. The molecule has 0 spiro atoms. The molecular weight excluding hydrogens is 271 g/mol. The number of alkyl halides is 2. The van der Waals surface area contributed by atoms with Crippen molar-refractivity contribution in [3.8, 4) is 0 Å². The maximum Gasteiger partial charge on any atom is 0.295 e.